The molecule has 6 rings (SSSR count). The molecular weight excluding hydrogens is 438 g/mol. The average molecular weight is 457 g/mol. The molecule has 0 spiro atoms. The second-order valence-electron chi connectivity index (χ2n) is 7.98. The molecule has 3 heterocycles. The van der Waals surface area contributed by atoms with Crippen LogP contribution < -0.4 is 29.9 Å². The molecular formula is C26H19NO7. The van der Waals surface area contributed by atoms with Crippen molar-refractivity contribution in [2.24, 2.45) is 0 Å². The van der Waals surface area contributed by atoms with Gasteiger partial charge in [-0.1, -0.05) is 24.3 Å². The first-order chi connectivity index (χ1) is 16.6. The van der Waals surface area contributed by atoms with Crippen LogP contribution in [0.15, 0.2) is 75.9 Å². The van der Waals surface area contributed by atoms with E-state index in [1.807, 2.05) is 6.07 Å². The van der Waals surface area contributed by atoms with Gasteiger partial charge in [-0.25, -0.2) is 4.79 Å². The van der Waals surface area contributed by atoms with E-state index in [9.17, 15) is 9.59 Å². The summed E-state index contributed by atoms with van der Waals surface area (Å²) in [4.78, 5) is 26.6. The van der Waals surface area contributed by atoms with Crippen LogP contribution in [0.1, 0.15) is 17.0 Å². The number of amides is 1. The van der Waals surface area contributed by atoms with Gasteiger partial charge in [0.2, 0.25) is 6.79 Å². The topological polar surface area (TPSA) is 96.2 Å². The number of nitrogens with one attached hydrogen (secondary N) is 1. The van der Waals surface area contributed by atoms with E-state index in [0.29, 0.717) is 50.8 Å². The summed E-state index contributed by atoms with van der Waals surface area (Å²) in [6, 6.07) is 19.4. The number of hydrogen-bond donors (Lipinski definition) is 1. The van der Waals surface area contributed by atoms with Crippen LogP contribution in [-0.2, 0) is 4.79 Å². The fourth-order valence-corrected chi connectivity index (χ4v) is 4.44. The van der Waals surface area contributed by atoms with Crippen molar-refractivity contribution in [1.29, 1.82) is 0 Å². The lowest BCUT2D eigenvalue weighted by atomic mass is 9.88. The van der Waals surface area contributed by atoms with E-state index >= 15 is 0 Å². The summed E-state index contributed by atoms with van der Waals surface area (Å²) < 4.78 is 28.0. The number of methoxy groups -OCH3 is 1. The molecule has 4 aromatic rings. The summed E-state index contributed by atoms with van der Waals surface area (Å²) in [7, 11) is 1.55. The minimum absolute atomic E-state index is 0.114. The van der Waals surface area contributed by atoms with Crippen molar-refractivity contribution < 1.29 is 28.2 Å². The molecule has 8 nitrogen and oxygen atoms in total. The van der Waals surface area contributed by atoms with E-state index in [2.05, 4.69) is 5.32 Å². The minimum Gasteiger partial charge on any atom is -0.497 e. The van der Waals surface area contributed by atoms with E-state index in [1.165, 1.54) is 0 Å². The lowest BCUT2D eigenvalue weighted by Crippen LogP contribution is -2.35. The van der Waals surface area contributed by atoms with Crippen molar-refractivity contribution in [3.8, 4) is 23.0 Å². The van der Waals surface area contributed by atoms with Crippen LogP contribution in [0.4, 0.5) is 5.69 Å². The standard InChI is InChI=1S/C26H19NO7/c1-30-16-6-4-5-15(12-16)27-25(28)24-21(14-9-10-19-20(11-14)32-13-31-19)22-23(34-24)17-7-2-3-8-18(17)33-26(22)29/h2-12,21,24H,13H2,1H3,(H,27,28)/t21-,24-/m0/s1. The molecule has 2 aliphatic rings. The highest BCUT2D eigenvalue weighted by Gasteiger charge is 2.44. The smallest absolute Gasteiger partial charge is 0.344 e. The molecule has 0 unspecified atom stereocenters. The Bertz CT molecular complexity index is 1490. The number of fused-ring (bicyclic) bond motifs is 4. The number of ether oxygens (including phenoxy) is 4. The predicted octanol–water partition coefficient (Wildman–Crippen LogP) is 4.06. The number of benzene rings is 3. The molecule has 1 aromatic heterocycles. The first kappa shape index (κ1) is 20.2. The summed E-state index contributed by atoms with van der Waals surface area (Å²) in [5.41, 5.74) is 1.36. The van der Waals surface area contributed by atoms with Crippen molar-refractivity contribution in [1.82, 2.24) is 0 Å². The van der Waals surface area contributed by atoms with Gasteiger partial charge in [-0.15, -0.1) is 0 Å². The third-order valence-corrected chi connectivity index (χ3v) is 6.01. The van der Waals surface area contributed by atoms with Gasteiger partial charge in [0.25, 0.3) is 5.91 Å². The third-order valence-electron chi connectivity index (χ3n) is 6.01. The van der Waals surface area contributed by atoms with Crippen molar-refractivity contribution in [2.45, 2.75) is 12.0 Å². The van der Waals surface area contributed by atoms with Gasteiger partial charge in [-0.05, 0) is 42.0 Å². The highest BCUT2D eigenvalue weighted by molar-refractivity contribution is 5.97. The summed E-state index contributed by atoms with van der Waals surface area (Å²) in [5, 5.41) is 3.51. The first-order valence-corrected chi connectivity index (χ1v) is 10.7. The molecule has 3 aromatic carbocycles. The van der Waals surface area contributed by atoms with Gasteiger partial charge in [0.05, 0.1) is 24.0 Å². The van der Waals surface area contributed by atoms with Crippen molar-refractivity contribution in [3.63, 3.8) is 0 Å². The molecule has 0 fully saturated rings. The Hall–Kier alpha value is -4.46. The first-order valence-electron chi connectivity index (χ1n) is 10.7. The number of anilines is 1. The van der Waals surface area contributed by atoms with Gasteiger partial charge in [-0.3, -0.25) is 4.79 Å². The average Bonchev–Trinajstić information content (AvgIpc) is 3.49. The number of carbonyl (C=O) groups excluding carboxylic acids is 1. The Balaban J connectivity index is 1.47. The third kappa shape index (κ3) is 3.23. The minimum atomic E-state index is -1.02. The summed E-state index contributed by atoms with van der Waals surface area (Å²) in [5.74, 6) is 0.980. The molecule has 0 saturated heterocycles. The van der Waals surface area contributed by atoms with Crippen LogP contribution in [0.25, 0.3) is 11.0 Å². The zero-order valence-corrected chi connectivity index (χ0v) is 18.1. The number of carbonyl (C=O) groups is 1. The van der Waals surface area contributed by atoms with Gasteiger partial charge >= 0.3 is 5.63 Å². The fraction of sp³-hybridized carbons (Fsp3) is 0.154. The molecule has 8 heteroatoms. The molecule has 2 atom stereocenters. The number of hydrogen-bond acceptors (Lipinski definition) is 7. The lowest BCUT2D eigenvalue weighted by Gasteiger charge is -2.19. The van der Waals surface area contributed by atoms with Crippen molar-refractivity contribution in [3.05, 3.63) is 88.3 Å². The molecule has 1 amide bonds. The van der Waals surface area contributed by atoms with Crippen LogP contribution in [0.5, 0.6) is 23.0 Å². The van der Waals surface area contributed by atoms with Crippen LogP contribution >= 0.6 is 0 Å². The van der Waals surface area contributed by atoms with E-state index in [-0.39, 0.29) is 6.79 Å². The maximum absolute atomic E-state index is 13.5. The number of para-hydroxylation sites is 1. The van der Waals surface area contributed by atoms with Gasteiger partial charge in [0.15, 0.2) is 17.6 Å². The quantitative estimate of drug-likeness (QED) is 0.462. The van der Waals surface area contributed by atoms with E-state index in [0.717, 1.165) is 0 Å². The molecule has 0 saturated carbocycles. The highest BCUT2D eigenvalue weighted by atomic mass is 16.7. The largest absolute Gasteiger partial charge is 0.497 e. The zero-order valence-electron chi connectivity index (χ0n) is 18.1. The van der Waals surface area contributed by atoms with E-state index in [4.69, 9.17) is 23.4 Å². The SMILES string of the molecule is COc1cccc(NC(=O)[C@H]2Oc3c(c(=O)oc4ccccc34)[C@@H]2c2ccc3c(c2)OCO3)c1. The normalized spacial score (nSPS) is 17.8. The van der Waals surface area contributed by atoms with Crippen molar-refractivity contribution >= 4 is 22.6 Å². The van der Waals surface area contributed by atoms with Gasteiger partial charge in [0.1, 0.15) is 17.1 Å². The van der Waals surface area contributed by atoms with E-state index < -0.39 is 23.6 Å². The van der Waals surface area contributed by atoms with Gasteiger partial charge < -0.3 is 28.7 Å². The second kappa shape index (κ2) is 7.84. The molecule has 34 heavy (non-hydrogen) atoms. The van der Waals surface area contributed by atoms with Crippen LogP contribution in [0.3, 0.4) is 0 Å². The number of rotatable bonds is 4. The Morgan fingerprint density at radius 2 is 1.85 bits per heavy atom. The Morgan fingerprint density at radius 1 is 1.00 bits per heavy atom. The monoisotopic (exact) mass is 457 g/mol. The Kier molecular flexibility index (Phi) is 4.65. The fourth-order valence-electron chi connectivity index (χ4n) is 4.44. The summed E-state index contributed by atoms with van der Waals surface area (Å²) >= 11 is 0. The van der Waals surface area contributed by atoms with Crippen LogP contribution in [0, 0.1) is 0 Å². The predicted molar refractivity (Wildman–Crippen MR) is 123 cm³/mol. The Labute approximate surface area is 193 Å². The van der Waals surface area contributed by atoms with Crippen LogP contribution in [0.2, 0.25) is 0 Å². The molecule has 0 aliphatic carbocycles. The molecule has 1 N–H and O–H groups in total. The highest BCUT2D eigenvalue weighted by Crippen LogP contribution is 2.46. The molecule has 2 aliphatic heterocycles. The van der Waals surface area contributed by atoms with E-state index in [1.54, 1.807) is 67.8 Å². The summed E-state index contributed by atoms with van der Waals surface area (Å²) in [6.07, 6.45) is -1.02. The molecule has 170 valence electrons. The lowest BCUT2D eigenvalue weighted by molar-refractivity contribution is -0.122. The Morgan fingerprint density at radius 3 is 2.74 bits per heavy atom. The summed E-state index contributed by atoms with van der Waals surface area (Å²) in [6.45, 7) is 0.114. The van der Waals surface area contributed by atoms with Crippen LogP contribution in [-0.4, -0.2) is 25.9 Å². The second-order valence-corrected chi connectivity index (χ2v) is 7.98. The maximum Gasteiger partial charge on any atom is 0.344 e. The van der Waals surface area contributed by atoms with Crippen molar-refractivity contribution in [2.75, 3.05) is 19.2 Å². The molecule has 0 bridgehead atoms. The maximum atomic E-state index is 13.5. The molecule has 0 radical (unpaired) electrons. The zero-order chi connectivity index (χ0) is 23.2. The van der Waals surface area contributed by atoms with Gasteiger partial charge in [0, 0.05) is 11.8 Å². The van der Waals surface area contributed by atoms with Gasteiger partial charge in [-0.2, -0.15) is 0 Å².